The summed E-state index contributed by atoms with van der Waals surface area (Å²) < 4.78 is 5.15. The van der Waals surface area contributed by atoms with Gasteiger partial charge in [-0.25, -0.2) is 15.0 Å². The first-order valence-corrected chi connectivity index (χ1v) is 9.33. The highest BCUT2D eigenvalue weighted by Crippen LogP contribution is 2.26. The second-order valence-electron chi connectivity index (χ2n) is 5.08. The number of hydrogen-bond acceptors (Lipinski definition) is 7. The number of carbonyl (C=O) groups excluding carboxylic acids is 1. The van der Waals surface area contributed by atoms with E-state index in [1.807, 2.05) is 42.6 Å². The number of amides is 1. The molecule has 1 aromatic carbocycles. The molecule has 3 rings (SSSR count). The zero-order valence-electron chi connectivity index (χ0n) is 13.7. The van der Waals surface area contributed by atoms with E-state index < -0.39 is 0 Å². The number of thioether (sulfide) groups is 1. The lowest BCUT2D eigenvalue weighted by molar-refractivity contribution is -0.113. The number of aryl methyl sites for hydroxylation is 1. The molecule has 128 valence electrons. The normalized spacial score (nSPS) is 10.5. The van der Waals surface area contributed by atoms with Crippen molar-refractivity contribution in [1.82, 2.24) is 15.0 Å². The van der Waals surface area contributed by atoms with E-state index in [2.05, 4.69) is 20.3 Å². The topological polar surface area (TPSA) is 77.0 Å². The van der Waals surface area contributed by atoms with Gasteiger partial charge in [0.15, 0.2) is 10.3 Å². The molecule has 0 radical (unpaired) electrons. The van der Waals surface area contributed by atoms with Crippen LogP contribution in [0.4, 0.5) is 5.13 Å². The summed E-state index contributed by atoms with van der Waals surface area (Å²) in [6.45, 7) is 1.89. The molecule has 0 saturated heterocycles. The van der Waals surface area contributed by atoms with Gasteiger partial charge in [-0.3, -0.25) is 4.79 Å². The van der Waals surface area contributed by atoms with Crippen LogP contribution in [0.3, 0.4) is 0 Å². The van der Waals surface area contributed by atoms with Crippen molar-refractivity contribution in [2.75, 3.05) is 18.2 Å². The van der Waals surface area contributed by atoms with E-state index in [0.717, 1.165) is 22.7 Å². The van der Waals surface area contributed by atoms with Gasteiger partial charge in [0.05, 0.1) is 18.6 Å². The summed E-state index contributed by atoms with van der Waals surface area (Å²) in [5.41, 5.74) is 2.67. The highest BCUT2D eigenvalue weighted by Gasteiger charge is 2.10. The Morgan fingerprint density at radius 2 is 2.04 bits per heavy atom. The Morgan fingerprint density at radius 3 is 2.76 bits per heavy atom. The van der Waals surface area contributed by atoms with Gasteiger partial charge in [-0.15, -0.1) is 11.3 Å². The average molecular weight is 372 g/mol. The fourth-order valence-electron chi connectivity index (χ4n) is 2.01. The van der Waals surface area contributed by atoms with Gasteiger partial charge < -0.3 is 10.1 Å². The molecule has 0 aliphatic rings. The monoisotopic (exact) mass is 372 g/mol. The molecule has 0 bridgehead atoms. The summed E-state index contributed by atoms with van der Waals surface area (Å²) >= 11 is 2.69. The molecule has 25 heavy (non-hydrogen) atoms. The molecule has 0 aliphatic heterocycles. The van der Waals surface area contributed by atoms with Crippen molar-refractivity contribution in [2.45, 2.75) is 12.1 Å². The van der Waals surface area contributed by atoms with Crippen LogP contribution in [-0.2, 0) is 4.79 Å². The molecule has 6 nitrogen and oxygen atoms in total. The maximum absolute atomic E-state index is 12.1. The molecule has 0 fully saturated rings. The molecule has 0 saturated carbocycles. The number of nitrogens with one attached hydrogen (secondary N) is 1. The predicted molar refractivity (Wildman–Crippen MR) is 100 cm³/mol. The van der Waals surface area contributed by atoms with Gasteiger partial charge in [-0.2, -0.15) is 0 Å². The lowest BCUT2D eigenvalue weighted by Gasteiger charge is -2.02. The fourth-order valence-corrected chi connectivity index (χ4v) is 3.42. The zero-order valence-corrected chi connectivity index (χ0v) is 15.4. The largest absolute Gasteiger partial charge is 0.497 e. The predicted octanol–water partition coefficient (Wildman–Crippen LogP) is 3.65. The molecule has 1 N–H and O–H groups in total. The van der Waals surface area contributed by atoms with Crippen molar-refractivity contribution in [3.05, 3.63) is 47.6 Å². The molecule has 0 spiro atoms. The average Bonchev–Trinajstić information content (AvgIpc) is 3.08. The molecule has 1 amide bonds. The molecule has 3 aromatic rings. The highest BCUT2D eigenvalue weighted by atomic mass is 32.2. The molecule has 2 aromatic heterocycles. The van der Waals surface area contributed by atoms with E-state index in [9.17, 15) is 4.79 Å². The van der Waals surface area contributed by atoms with Crippen LogP contribution in [0, 0.1) is 6.92 Å². The number of benzene rings is 1. The van der Waals surface area contributed by atoms with Crippen LogP contribution < -0.4 is 10.1 Å². The van der Waals surface area contributed by atoms with E-state index in [1.54, 1.807) is 13.3 Å². The smallest absolute Gasteiger partial charge is 0.236 e. The standard InChI is InChI=1S/C17H16N4O2S2/c1-11-7-8-18-16(19-11)25-10-15(22)21-17-20-14(9-24-17)12-3-5-13(23-2)6-4-12/h3-9H,10H2,1-2H3,(H,20,21,22). The molecular weight excluding hydrogens is 356 g/mol. The number of hydrogen-bond donors (Lipinski definition) is 1. The Morgan fingerprint density at radius 1 is 1.24 bits per heavy atom. The van der Waals surface area contributed by atoms with Gasteiger partial charge in [0, 0.05) is 22.8 Å². The van der Waals surface area contributed by atoms with E-state index in [4.69, 9.17) is 4.74 Å². The zero-order chi connectivity index (χ0) is 17.6. The van der Waals surface area contributed by atoms with Crippen molar-refractivity contribution in [3.8, 4) is 17.0 Å². The molecule has 0 atom stereocenters. The number of aromatic nitrogens is 3. The second kappa shape index (κ2) is 8.09. The van der Waals surface area contributed by atoms with Crippen LogP contribution in [0.5, 0.6) is 5.75 Å². The highest BCUT2D eigenvalue weighted by molar-refractivity contribution is 7.99. The number of carbonyl (C=O) groups is 1. The van der Waals surface area contributed by atoms with E-state index >= 15 is 0 Å². The van der Waals surface area contributed by atoms with Crippen LogP contribution in [0.25, 0.3) is 11.3 Å². The fraction of sp³-hybridized carbons (Fsp3) is 0.176. The first kappa shape index (κ1) is 17.4. The van der Waals surface area contributed by atoms with E-state index in [1.165, 1.54) is 23.1 Å². The lowest BCUT2D eigenvalue weighted by Crippen LogP contribution is -2.14. The summed E-state index contributed by atoms with van der Waals surface area (Å²) in [6, 6.07) is 9.45. The quantitative estimate of drug-likeness (QED) is 0.526. The summed E-state index contributed by atoms with van der Waals surface area (Å²) in [5, 5.41) is 5.88. The van der Waals surface area contributed by atoms with Gasteiger partial charge in [0.25, 0.3) is 0 Å². The van der Waals surface area contributed by atoms with Crippen LogP contribution in [0.2, 0.25) is 0 Å². The summed E-state index contributed by atoms with van der Waals surface area (Å²) in [6.07, 6.45) is 1.69. The minimum Gasteiger partial charge on any atom is -0.497 e. The first-order valence-electron chi connectivity index (χ1n) is 7.46. The maximum Gasteiger partial charge on any atom is 0.236 e. The van der Waals surface area contributed by atoms with Crippen LogP contribution in [0.15, 0.2) is 47.1 Å². The number of ether oxygens (including phenoxy) is 1. The third kappa shape index (κ3) is 4.77. The molecular formula is C17H16N4O2S2. The number of thiazole rings is 1. The van der Waals surface area contributed by atoms with Crippen LogP contribution in [-0.4, -0.2) is 33.7 Å². The van der Waals surface area contributed by atoms with Gasteiger partial charge in [-0.05, 0) is 37.3 Å². The third-order valence-electron chi connectivity index (χ3n) is 3.24. The molecule has 2 heterocycles. The number of anilines is 1. The summed E-state index contributed by atoms with van der Waals surface area (Å²) in [4.78, 5) is 24.9. The number of rotatable bonds is 6. The van der Waals surface area contributed by atoms with Crippen LogP contribution >= 0.6 is 23.1 Å². The maximum atomic E-state index is 12.1. The van der Waals surface area contributed by atoms with Gasteiger partial charge in [-0.1, -0.05) is 11.8 Å². The lowest BCUT2D eigenvalue weighted by atomic mass is 10.2. The number of methoxy groups -OCH3 is 1. The van der Waals surface area contributed by atoms with Crippen molar-refractivity contribution in [1.29, 1.82) is 0 Å². The SMILES string of the molecule is COc1ccc(-c2csc(NC(=O)CSc3nccc(C)n3)n2)cc1. The van der Waals surface area contributed by atoms with Gasteiger partial charge in [0.1, 0.15) is 5.75 Å². The van der Waals surface area contributed by atoms with E-state index in [0.29, 0.717) is 10.3 Å². The van der Waals surface area contributed by atoms with Crippen molar-refractivity contribution in [2.24, 2.45) is 0 Å². The van der Waals surface area contributed by atoms with Gasteiger partial charge >= 0.3 is 0 Å². The van der Waals surface area contributed by atoms with Crippen LogP contribution in [0.1, 0.15) is 5.69 Å². The molecule has 8 heteroatoms. The molecule has 0 unspecified atom stereocenters. The molecule has 0 aliphatic carbocycles. The minimum atomic E-state index is -0.134. The van der Waals surface area contributed by atoms with Gasteiger partial charge in [0.2, 0.25) is 5.91 Å². The Hall–Kier alpha value is -2.45. The number of nitrogens with zero attached hydrogens (tertiary/aromatic N) is 3. The Labute approximate surface area is 153 Å². The Bertz CT molecular complexity index is 865. The summed E-state index contributed by atoms with van der Waals surface area (Å²) in [5.74, 6) is 0.898. The first-order chi connectivity index (χ1) is 12.1. The minimum absolute atomic E-state index is 0.134. The van der Waals surface area contributed by atoms with Crippen molar-refractivity contribution in [3.63, 3.8) is 0 Å². The van der Waals surface area contributed by atoms with Crippen molar-refractivity contribution < 1.29 is 9.53 Å². The van der Waals surface area contributed by atoms with Crippen molar-refractivity contribution >= 4 is 34.1 Å². The Balaban J connectivity index is 1.57. The van der Waals surface area contributed by atoms with E-state index in [-0.39, 0.29) is 11.7 Å². The summed E-state index contributed by atoms with van der Waals surface area (Å²) in [7, 11) is 1.63. The second-order valence-corrected chi connectivity index (χ2v) is 6.88. The third-order valence-corrected chi connectivity index (χ3v) is 4.86. The Kier molecular flexibility index (Phi) is 5.62.